The second-order valence-corrected chi connectivity index (χ2v) is 11.3. The number of benzene rings is 1. The number of fused-ring (bicyclic) bond motifs is 1. The number of phenols is 1. The highest BCUT2D eigenvalue weighted by Gasteiger charge is 2.53. The van der Waals surface area contributed by atoms with Crippen LogP contribution in [-0.4, -0.2) is 116 Å². The van der Waals surface area contributed by atoms with Gasteiger partial charge >= 0.3 is 0 Å². The van der Waals surface area contributed by atoms with Gasteiger partial charge in [0.1, 0.15) is 62.2 Å². The highest BCUT2D eigenvalue weighted by atomic mass is 35.5. The number of hydrogen-bond donors (Lipinski definition) is 7. The Labute approximate surface area is 263 Å². The van der Waals surface area contributed by atoms with Gasteiger partial charge < -0.3 is 59.6 Å². The largest absolute Gasteiger partial charge is 0.504 e. The van der Waals surface area contributed by atoms with E-state index in [0.717, 1.165) is 0 Å². The summed E-state index contributed by atoms with van der Waals surface area (Å²) in [7, 11) is 0. The molecule has 1 aliphatic carbocycles. The van der Waals surface area contributed by atoms with Crippen LogP contribution in [0.3, 0.4) is 0 Å². The van der Waals surface area contributed by atoms with Gasteiger partial charge in [0.05, 0.1) is 6.04 Å². The Morgan fingerprint density at radius 3 is 2.47 bits per heavy atom. The average Bonchev–Trinajstić information content (AvgIpc) is 3.62. The van der Waals surface area contributed by atoms with Gasteiger partial charge in [-0.25, -0.2) is 4.98 Å². The molecule has 1 amide bonds. The summed E-state index contributed by atoms with van der Waals surface area (Å²) in [6.45, 7) is 3.14. The molecule has 0 unspecified atom stereocenters. The fourth-order valence-electron chi connectivity index (χ4n) is 5.36. The van der Waals surface area contributed by atoms with Crippen LogP contribution in [0, 0.1) is 0 Å². The van der Waals surface area contributed by atoms with Crippen molar-refractivity contribution in [3.8, 4) is 17.2 Å². The van der Waals surface area contributed by atoms with Gasteiger partial charge in [0.25, 0.3) is 0 Å². The molecule has 2 saturated heterocycles. The molecule has 244 valence electrons. The number of phenolic OH excluding ortho intramolecular Hbond substituents is 1. The molecule has 10 atom stereocenters. The van der Waals surface area contributed by atoms with Crippen molar-refractivity contribution in [2.45, 2.75) is 75.0 Å². The molecule has 0 radical (unpaired) electrons. The first-order chi connectivity index (χ1) is 21.5. The fraction of sp³-hybridized carbons (Fsp3) is 0.467. The predicted octanol–water partition coefficient (Wildman–Crippen LogP) is 0.0173. The fourth-order valence-corrected chi connectivity index (χ4v) is 5.54. The number of carbonyl (C=O) groups is 1. The lowest BCUT2D eigenvalue weighted by Gasteiger charge is -2.41. The van der Waals surface area contributed by atoms with Gasteiger partial charge in [-0.05, 0) is 61.4 Å². The summed E-state index contributed by atoms with van der Waals surface area (Å²) in [6.07, 6.45) is -6.34. The smallest absolute Gasteiger partial charge is 0.247 e. The van der Waals surface area contributed by atoms with Gasteiger partial charge in [-0.3, -0.25) is 4.79 Å². The highest BCUT2D eigenvalue weighted by Crippen LogP contribution is 2.34. The van der Waals surface area contributed by atoms with Crippen LogP contribution in [0.25, 0.3) is 6.08 Å². The number of halogens is 1. The van der Waals surface area contributed by atoms with Crippen molar-refractivity contribution >= 4 is 23.6 Å². The average molecular weight is 651 g/mol. The molecular formula is C30H35ClN2O12. The van der Waals surface area contributed by atoms with E-state index in [-0.39, 0.29) is 35.6 Å². The van der Waals surface area contributed by atoms with Crippen LogP contribution >= 0.6 is 11.6 Å². The summed E-state index contributed by atoms with van der Waals surface area (Å²) in [6, 6.07) is 6.37. The van der Waals surface area contributed by atoms with Crippen molar-refractivity contribution in [2.24, 2.45) is 0 Å². The van der Waals surface area contributed by atoms with Gasteiger partial charge in [0, 0.05) is 11.8 Å². The first kappa shape index (κ1) is 33.1. The first-order valence-corrected chi connectivity index (χ1v) is 14.5. The summed E-state index contributed by atoms with van der Waals surface area (Å²) in [5.41, 5.74) is 1.14. The Kier molecular flexibility index (Phi) is 10.3. The first-order valence-electron chi connectivity index (χ1n) is 14.1. The lowest BCUT2D eigenvalue weighted by atomic mass is 9.83. The molecule has 0 bridgehead atoms. The predicted molar refractivity (Wildman–Crippen MR) is 156 cm³/mol. The summed E-state index contributed by atoms with van der Waals surface area (Å²) in [5, 5.41) is 65.8. The van der Waals surface area contributed by atoms with Crippen LogP contribution in [0.4, 0.5) is 0 Å². The SMILES string of the molecule is C/C(=C/COc1cccnc1Cl)[C@H]1O[C@@H](Oc2ccc(/C=C(\C)C(=O)N[C@@H]3[C@H](O)[C@@H](O)[C@H]4OCO[C@H]4[C@@H]3O)cc2O)[C@@H](O)[C@@H]1O. The maximum Gasteiger partial charge on any atom is 0.247 e. The van der Waals surface area contributed by atoms with E-state index in [0.29, 0.717) is 16.9 Å². The van der Waals surface area contributed by atoms with E-state index in [2.05, 4.69) is 10.3 Å². The third-order valence-electron chi connectivity index (χ3n) is 7.91. The number of aliphatic hydroxyl groups is 5. The minimum atomic E-state index is -1.50. The quantitative estimate of drug-likeness (QED) is 0.109. The molecule has 1 aromatic heterocycles. The number of aromatic hydroxyl groups is 1. The van der Waals surface area contributed by atoms with Crippen LogP contribution in [0.2, 0.25) is 5.15 Å². The number of carbonyl (C=O) groups excluding carboxylic acids is 1. The maximum absolute atomic E-state index is 12.9. The zero-order valence-electron chi connectivity index (χ0n) is 24.3. The Morgan fingerprint density at radius 1 is 1.02 bits per heavy atom. The van der Waals surface area contributed by atoms with Crippen molar-refractivity contribution < 1.29 is 59.1 Å². The van der Waals surface area contributed by atoms with E-state index in [1.165, 1.54) is 37.4 Å². The minimum Gasteiger partial charge on any atom is -0.504 e. The van der Waals surface area contributed by atoms with Crippen LogP contribution in [0.5, 0.6) is 17.2 Å². The summed E-state index contributed by atoms with van der Waals surface area (Å²) in [4.78, 5) is 16.8. The molecule has 5 rings (SSSR count). The Hall–Kier alpha value is -3.31. The topological polar surface area (TPSA) is 210 Å². The van der Waals surface area contributed by atoms with E-state index in [4.69, 9.17) is 35.3 Å². The number of nitrogens with one attached hydrogen (secondary N) is 1. The number of aliphatic hydroxyl groups excluding tert-OH is 5. The van der Waals surface area contributed by atoms with E-state index in [1.807, 2.05) is 0 Å². The zero-order chi connectivity index (χ0) is 32.4. The van der Waals surface area contributed by atoms with Crippen LogP contribution in [-0.2, 0) is 19.0 Å². The lowest BCUT2D eigenvalue weighted by molar-refractivity contribution is -0.155. The maximum atomic E-state index is 12.9. The number of rotatable bonds is 9. The molecular weight excluding hydrogens is 616 g/mol. The number of amides is 1. The van der Waals surface area contributed by atoms with Gasteiger partial charge in [-0.2, -0.15) is 0 Å². The molecule has 3 aliphatic rings. The third-order valence-corrected chi connectivity index (χ3v) is 8.19. The van der Waals surface area contributed by atoms with Crippen LogP contribution in [0.1, 0.15) is 19.4 Å². The van der Waals surface area contributed by atoms with Crippen molar-refractivity contribution in [1.29, 1.82) is 0 Å². The Bertz CT molecular complexity index is 1440. The van der Waals surface area contributed by atoms with Crippen molar-refractivity contribution in [3.05, 3.63) is 64.5 Å². The number of nitrogens with zero attached hydrogens (tertiary/aromatic N) is 1. The van der Waals surface area contributed by atoms with Gasteiger partial charge in [0.15, 0.2) is 22.4 Å². The zero-order valence-corrected chi connectivity index (χ0v) is 25.0. The monoisotopic (exact) mass is 650 g/mol. The Balaban J connectivity index is 1.18. The van der Waals surface area contributed by atoms with Crippen LogP contribution < -0.4 is 14.8 Å². The molecule has 3 heterocycles. The Morgan fingerprint density at radius 2 is 1.76 bits per heavy atom. The molecule has 45 heavy (non-hydrogen) atoms. The molecule has 0 spiro atoms. The van der Waals surface area contributed by atoms with Gasteiger partial charge in [-0.1, -0.05) is 17.7 Å². The van der Waals surface area contributed by atoms with Gasteiger partial charge in [-0.15, -0.1) is 0 Å². The molecule has 1 saturated carbocycles. The molecule has 1 aromatic carbocycles. The van der Waals surface area contributed by atoms with Crippen LogP contribution in [0.15, 0.2) is 53.8 Å². The second-order valence-electron chi connectivity index (χ2n) is 11.0. The number of pyridine rings is 1. The minimum absolute atomic E-state index is 0.0434. The molecule has 3 fully saturated rings. The summed E-state index contributed by atoms with van der Waals surface area (Å²) < 4.78 is 27.5. The highest BCUT2D eigenvalue weighted by molar-refractivity contribution is 6.30. The van der Waals surface area contributed by atoms with Crippen molar-refractivity contribution in [2.75, 3.05) is 13.4 Å². The van der Waals surface area contributed by atoms with E-state index in [1.54, 1.807) is 25.1 Å². The molecule has 7 N–H and O–H groups in total. The van der Waals surface area contributed by atoms with E-state index >= 15 is 0 Å². The number of ether oxygens (including phenoxy) is 5. The number of aromatic nitrogens is 1. The second kappa shape index (κ2) is 14.0. The third kappa shape index (κ3) is 7.09. The van der Waals surface area contributed by atoms with Crippen molar-refractivity contribution in [1.82, 2.24) is 10.3 Å². The molecule has 2 aliphatic heterocycles. The standard InChI is InChI=1S/C30H35ClN2O12/c1-13(7-9-41-18-4-3-8-32-28(18)31)25-23(38)24(39)30(45-25)44-17-6-5-15(11-16(17)34)10-14(2)29(40)33-19-20(35)22(37)27-26(21(19)36)42-12-43-27/h3-8,10-11,19-27,30,34-39H,9,12H2,1-2H3,(H,33,40)/b13-7-,14-10+/t19-,20+,21-,22-,23+,24+,25-,26+,27-,30-/m1/s1. The molecule has 15 heteroatoms. The molecule has 2 aromatic rings. The van der Waals surface area contributed by atoms with Crippen molar-refractivity contribution in [3.63, 3.8) is 0 Å². The molecule has 14 nitrogen and oxygen atoms in total. The van der Waals surface area contributed by atoms with E-state index in [9.17, 15) is 35.4 Å². The lowest BCUT2D eigenvalue weighted by Crippen LogP contribution is -2.67. The van der Waals surface area contributed by atoms with Gasteiger partial charge in [0.2, 0.25) is 12.2 Å². The normalized spacial score (nSPS) is 33.5. The summed E-state index contributed by atoms with van der Waals surface area (Å²) in [5.74, 6) is -0.623. The summed E-state index contributed by atoms with van der Waals surface area (Å²) >= 11 is 5.99. The number of hydrogen-bond acceptors (Lipinski definition) is 13. The van der Waals surface area contributed by atoms with E-state index < -0.39 is 67.1 Å².